The van der Waals surface area contributed by atoms with Gasteiger partial charge >= 0.3 is 0 Å². The average molecular weight is 237 g/mol. The molecule has 1 N–H and O–H groups in total. The summed E-state index contributed by atoms with van der Waals surface area (Å²) in [5, 5.41) is 3.40. The topological polar surface area (TPSA) is 21.3 Å². The zero-order valence-corrected chi connectivity index (χ0v) is 10.5. The third kappa shape index (κ3) is 3.11. The van der Waals surface area contributed by atoms with Crippen molar-refractivity contribution < 1.29 is 9.13 Å². The summed E-state index contributed by atoms with van der Waals surface area (Å²) < 4.78 is 18.2. The van der Waals surface area contributed by atoms with Crippen LogP contribution in [0.5, 0.6) is 5.75 Å². The molecule has 0 aliphatic heterocycles. The van der Waals surface area contributed by atoms with Gasteiger partial charge in [0.2, 0.25) is 0 Å². The molecule has 0 aromatic heterocycles. The summed E-state index contributed by atoms with van der Waals surface area (Å²) in [4.78, 5) is 0. The van der Waals surface area contributed by atoms with E-state index in [0.717, 1.165) is 11.6 Å². The Labute approximate surface area is 102 Å². The summed E-state index contributed by atoms with van der Waals surface area (Å²) in [6.45, 7) is 2.17. The number of halogens is 1. The number of hydrogen-bond donors (Lipinski definition) is 1. The van der Waals surface area contributed by atoms with Crippen molar-refractivity contribution in [2.45, 2.75) is 38.6 Å². The van der Waals surface area contributed by atoms with Gasteiger partial charge in [-0.2, -0.15) is 0 Å². The number of rotatable bonds is 5. The van der Waals surface area contributed by atoms with Crippen molar-refractivity contribution in [1.29, 1.82) is 0 Å². The van der Waals surface area contributed by atoms with E-state index in [1.165, 1.54) is 38.9 Å². The van der Waals surface area contributed by atoms with Crippen LogP contribution in [0.2, 0.25) is 0 Å². The van der Waals surface area contributed by atoms with Crippen LogP contribution >= 0.6 is 0 Å². The average Bonchev–Trinajstić information content (AvgIpc) is 2.26. The Morgan fingerprint density at radius 2 is 2.24 bits per heavy atom. The van der Waals surface area contributed by atoms with Crippen LogP contribution in [0.15, 0.2) is 18.2 Å². The van der Waals surface area contributed by atoms with E-state index in [4.69, 9.17) is 4.74 Å². The fourth-order valence-corrected chi connectivity index (χ4v) is 2.32. The predicted molar refractivity (Wildman–Crippen MR) is 68.0 cm³/mol. The van der Waals surface area contributed by atoms with Gasteiger partial charge in [0.25, 0.3) is 0 Å². The van der Waals surface area contributed by atoms with E-state index >= 15 is 0 Å². The molecule has 0 amide bonds. The van der Waals surface area contributed by atoms with Crippen LogP contribution in [0.1, 0.15) is 32.6 Å². The highest BCUT2D eigenvalue weighted by molar-refractivity contribution is 5.49. The Hall–Kier alpha value is -1.25. The van der Waals surface area contributed by atoms with Gasteiger partial charge in [-0.3, -0.25) is 0 Å². The molecule has 2 rings (SSSR count). The Kier molecular flexibility index (Phi) is 3.87. The molecule has 0 heterocycles. The first-order chi connectivity index (χ1) is 8.19. The van der Waals surface area contributed by atoms with Crippen molar-refractivity contribution in [2.75, 3.05) is 12.4 Å². The van der Waals surface area contributed by atoms with Crippen LogP contribution in [0, 0.1) is 11.7 Å². The number of benzene rings is 1. The van der Waals surface area contributed by atoms with Crippen LogP contribution in [0.4, 0.5) is 10.1 Å². The number of ether oxygens (including phenoxy) is 1. The van der Waals surface area contributed by atoms with Crippen LogP contribution < -0.4 is 10.1 Å². The smallest absolute Gasteiger partial charge is 0.165 e. The van der Waals surface area contributed by atoms with Crippen LogP contribution in [0.3, 0.4) is 0 Å². The van der Waals surface area contributed by atoms with Gasteiger partial charge in [-0.15, -0.1) is 0 Å². The molecule has 1 aromatic carbocycles. The first-order valence-electron chi connectivity index (χ1n) is 6.29. The lowest BCUT2D eigenvalue weighted by Gasteiger charge is -2.29. The van der Waals surface area contributed by atoms with E-state index in [1.54, 1.807) is 12.1 Å². The first-order valence-corrected chi connectivity index (χ1v) is 6.29. The van der Waals surface area contributed by atoms with Gasteiger partial charge in [0.1, 0.15) is 0 Å². The van der Waals surface area contributed by atoms with E-state index in [2.05, 4.69) is 12.2 Å². The summed E-state index contributed by atoms with van der Waals surface area (Å²) in [5.74, 6) is 0.857. The molecule has 3 heteroatoms. The van der Waals surface area contributed by atoms with Gasteiger partial charge in [0.05, 0.1) is 7.11 Å². The van der Waals surface area contributed by atoms with Crippen molar-refractivity contribution in [2.24, 2.45) is 5.92 Å². The van der Waals surface area contributed by atoms with E-state index in [0.29, 0.717) is 11.8 Å². The highest BCUT2D eigenvalue weighted by atomic mass is 19.1. The Morgan fingerprint density at radius 3 is 2.82 bits per heavy atom. The van der Waals surface area contributed by atoms with Gasteiger partial charge in [0.15, 0.2) is 11.6 Å². The summed E-state index contributed by atoms with van der Waals surface area (Å²) in [6.07, 6.45) is 5.29. The van der Waals surface area contributed by atoms with E-state index < -0.39 is 0 Å². The first kappa shape index (κ1) is 12.2. The summed E-state index contributed by atoms with van der Waals surface area (Å²) in [5.41, 5.74) is 0.926. The Morgan fingerprint density at radius 1 is 1.47 bits per heavy atom. The van der Waals surface area contributed by atoms with Gasteiger partial charge in [-0.05, 0) is 31.4 Å². The monoisotopic (exact) mass is 237 g/mol. The standard InChI is InChI=1S/C14H20FNO/c1-10(8-11-4-3-5-11)16-12-6-7-13(15)14(9-12)17-2/h6-7,9-11,16H,3-5,8H2,1-2H3. The molecule has 17 heavy (non-hydrogen) atoms. The summed E-state index contributed by atoms with van der Waals surface area (Å²) >= 11 is 0. The minimum Gasteiger partial charge on any atom is -0.494 e. The molecule has 1 saturated carbocycles. The minimum atomic E-state index is -0.315. The maximum Gasteiger partial charge on any atom is 0.165 e. The van der Waals surface area contributed by atoms with Crippen molar-refractivity contribution in [1.82, 2.24) is 0 Å². The lowest BCUT2D eigenvalue weighted by Crippen LogP contribution is -2.23. The van der Waals surface area contributed by atoms with Crippen LogP contribution in [0.25, 0.3) is 0 Å². The van der Waals surface area contributed by atoms with Gasteiger partial charge in [0, 0.05) is 17.8 Å². The van der Waals surface area contributed by atoms with Crippen LogP contribution in [-0.4, -0.2) is 13.2 Å². The molecule has 1 atom stereocenters. The van der Waals surface area contributed by atoms with Gasteiger partial charge < -0.3 is 10.1 Å². The maximum absolute atomic E-state index is 13.2. The molecule has 94 valence electrons. The van der Waals surface area contributed by atoms with Crippen LogP contribution in [-0.2, 0) is 0 Å². The van der Waals surface area contributed by atoms with Crippen molar-refractivity contribution in [3.05, 3.63) is 24.0 Å². The molecule has 1 aromatic rings. The zero-order chi connectivity index (χ0) is 12.3. The lowest BCUT2D eigenvalue weighted by atomic mass is 9.81. The molecule has 0 bridgehead atoms. The van der Waals surface area contributed by atoms with E-state index in [-0.39, 0.29) is 5.82 Å². The molecule has 1 fully saturated rings. The Bertz CT molecular complexity index is 376. The van der Waals surface area contributed by atoms with Gasteiger partial charge in [-0.1, -0.05) is 19.3 Å². The van der Waals surface area contributed by atoms with Crippen molar-refractivity contribution >= 4 is 5.69 Å². The molecular weight excluding hydrogens is 217 g/mol. The lowest BCUT2D eigenvalue weighted by molar-refractivity contribution is 0.286. The zero-order valence-electron chi connectivity index (χ0n) is 10.5. The van der Waals surface area contributed by atoms with E-state index in [1.807, 2.05) is 0 Å². The Balaban J connectivity index is 1.92. The SMILES string of the molecule is COc1cc(NC(C)CC2CCC2)ccc1F. The molecule has 1 aliphatic carbocycles. The fourth-order valence-electron chi connectivity index (χ4n) is 2.32. The molecule has 0 radical (unpaired) electrons. The normalized spacial score (nSPS) is 17.4. The van der Waals surface area contributed by atoms with E-state index in [9.17, 15) is 4.39 Å². The molecule has 2 nitrogen and oxygen atoms in total. The third-order valence-electron chi connectivity index (χ3n) is 3.48. The second kappa shape index (κ2) is 5.39. The maximum atomic E-state index is 13.2. The highest BCUT2D eigenvalue weighted by Crippen LogP contribution is 2.31. The molecule has 0 saturated heterocycles. The molecule has 1 unspecified atom stereocenters. The number of hydrogen-bond acceptors (Lipinski definition) is 2. The quantitative estimate of drug-likeness (QED) is 0.840. The fraction of sp³-hybridized carbons (Fsp3) is 0.571. The number of anilines is 1. The minimum absolute atomic E-state index is 0.297. The van der Waals surface area contributed by atoms with Crippen molar-refractivity contribution in [3.8, 4) is 5.75 Å². The van der Waals surface area contributed by atoms with Crippen molar-refractivity contribution in [3.63, 3.8) is 0 Å². The molecule has 1 aliphatic rings. The predicted octanol–water partition coefficient (Wildman–Crippen LogP) is 3.82. The second-order valence-electron chi connectivity index (χ2n) is 4.93. The third-order valence-corrected chi connectivity index (χ3v) is 3.48. The van der Waals surface area contributed by atoms with Gasteiger partial charge in [-0.25, -0.2) is 4.39 Å². The number of nitrogens with one attached hydrogen (secondary N) is 1. The second-order valence-corrected chi connectivity index (χ2v) is 4.93. The summed E-state index contributed by atoms with van der Waals surface area (Å²) in [6, 6.07) is 5.34. The summed E-state index contributed by atoms with van der Waals surface area (Å²) in [7, 11) is 1.49. The highest BCUT2D eigenvalue weighted by Gasteiger charge is 2.19. The largest absolute Gasteiger partial charge is 0.494 e. The molecule has 0 spiro atoms. The number of methoxy groups -OCH3 is 1. The molecular formula is C14H20FNO.